The van der Waals surface area contributed by atoms with Crippen LogP contribution in [-0.4, -0.2) is 20.2 Å². The molecule has 0 radical (unpaired) electrons. The third-order valence-corrected chi connectivity index (χ3v) is 5.63. The van der Waals surface area contributed by atoms with Crippen LogP contribution in [0.1, 0.15) is 13.3 Å². The largest absolute Gasteiger partial charge is 0.329 e. The third kappa shape index (κ3) is 2.59. The van der Waals surface area contributed by atoms with Gasteiger partial charge in [0.1, 0.15) is 0 Å². The van der Waals surface area contributed by atoms with E-state index in [1.165, 1.54) is 0 Å². The van der Waals surface area contributed by atoms with E-state index in [0.29, 0.717) is 15.8 Å². The number of benzene rings is 1. The second-order valence-corrected chi connectivity index (χ2v) is 6.29. The smallest absolute Gasteiger partial charge is 0.183 e. The Kier molecular flexibility index (Phi) is 4.31. The first-order valence-electron chi connectivity index (χ1n) is 4.72. The maximum atomic E-state index is 12.1. The molecule has 0 spiro atoms. The molecule has 0 fully saturated rings. The highest BCUT2D eigenvalue weighted by atomic mass is 79.9. The van der Waals surface area contributed by atoms with E-state index >= 15 is 0 Å². The van der Waals surface area contributed by atoms with Crippen molar-refractivity contribution >= 4 is 25.8 Å². The summed E-state index contributed by atoms with van der Waals surface area (Å²) in [6.07, 6.45) is 0.528. The number of hydrogen-bond acceptors (Lipinski definition) is 3. The SMILES string of the molecule is CCC(CN)S(=O)(=O)c1ccccc1Br. The number of hydrogen-bond donors (Lipinski definition) is 1. The Hall–Kier alpha value is -0.390. The molecule has 3 nitrogen and oxygen atoms in total. The fraction of sp³-hybridized carbons (Fsp3) is 0.400. The van der Waals surface area contributed by atoms with E-state index in [0.717, 1.165) is 0 Å². The van der Waals surface area contributed by atoms with Gasteiger partial charge in [-0.05, 0) is 34.5 Å². The molecule has 0 aliphatic rings. The summed E-state index contributed by atoms with van der Waals surface area (Å²) in [7, 11) is -3.30. The fourth-order valence-electron chi connectivity index (χ4n) is 1.37. The van der Waals surface area contributed by atoms with Crippen LogP contribution in [0.4, 0.5) is 0 Å². The minimum Gasteiger partial charge on any atom is -0.329 e. The molecule has 0 aliphatic heterocycles. The van der Waals surface area contributed by atoms with E-state index in [2.05, 4.69) is 15.9 Å². The lowest BCUT2D eigenvalue weighted by Crippen LogP contribution is -2.29. The molecule has 1 unspecified atom stereocenters. The molecule has 0 amide bonds. The summed E-state index contributed by atoms with van der Waals surface area (Å²) in [6, 6.07) is 6.81. The van der Waals surface area contributed by atoms with Gasteiger partial charge in [0.05, 0.1) is 10.1 Å². The van der Waals surface area contributed by atoms with Gasteiger partial charge in [-0.2, -0.15) is 0 Å². The highest BCUT2D eigenvalue weighted by molar-refractivity contribution is 9.10. The van der Waals surface area contributed by atoms with Crippen LogP contribution in [0.2, 0.25) is 0 Å². The predicted molar refractivity (Wildman–Crippen MR) is 64.5 cm³/mol. The summed E-state index contributed by atoms with van der Waals surface area (Å²) in [5.41, 5.74) is 5.46. The van der Waals surface area contributed by atoms with Crippen molar-refractivity contribution in [2.24, 2.45) is 5.73 Å². The van der Waals surface area contributed by atoms with Gasteiger partial charge < -0.3 is 5.73 Å². The van der Waals surface area contributed by atoms with Gasteiger partial charge >= 0.3 is 0 Å². The molecule has 84 valence electrons. The van der Waals surface area contributed by atoms with E-state index in [-0.39, 0.29) is 6.54 Å². The van der Waals surface area contributed by atoms with Gasteiger partial charge in [-0.25, -0.2) is 8.42 Å². The summed E-state index contributed by atoms with van der Waals surface area (Å²) in [4.78, 5) is 0.322. The Bertz CT molecular complexity index is 427. The van der Waals surface area contributed by atoms with Gasteiger partial charge in [-0.3, -0.25) is 0 Å². The highest BCUT2D eigenvalue weighted by Gasteiger charge is 2.26. The summed E-state index contributed by atoms with van der Waals surface area (Å²) in [5.74, 6) is 0. The second-order valence-electron chi connectivity index (χ2n) is 3.24. The fourth-order valence-corrected chi connectivity index (χ4v) is 3.99. The average Bonchev–Trinajstić information content (AvgIpc) is 2.19. The van der Waals surface area contributed by atoms with Crippen LogP contribution in [0.15, 0.2) is 33.6 Å². The lowest BCUT2D eigenvalue weighted by atomic mass is 10.3. The van der Waals surface area contributed by atoms with Crippen LogP contribution in [0.5, 0.6) is 0 Å². The Morgan fingerprint density at radius 3 is 2.47 bits per heavy atom. The second kappa shape index (κ2) is 5.09. The standard InChI is InChI=1S/C10H14BrNO2S/c1-2-8(7-12)15(13,14)10-6-4-3-5-9(10)11/h3-6,8H,2,7,12H2,1H3. The van der Waals surface area contributed by atoms with Crippen molar-refractivity contribution in [3.63, 3.8) is 0 Å². The summed E-state index contributed by atoms with van der Waals surface area (Å²) in [5, 5.41) is -0.504. The van der Waals surface area contributed by atoms with E-state index < -0.39 is 15.1 Å². The van der Waals surface area contributed by atoms with Crippen LogP contribution >= 0.6 is 15.9 Å². The maximum Gasteiger partial charge on any atom is 0.183 e. The van der Waals surface area contributed by atoms with Crippen molar-refractivity contribution in [3.8, 4) is 0 Å². The Morgan fingerprint density at radius 2 is 2.00 bits per heavy atom. The lowest BCUT2D eigenvalue weighted by molar-refractivity contribution is 0.575. The molecule has 0 heterocycles. The first-order valence-corrected chi connectivity index (χ1v) is 7.06. The number of sulfone groups is 1. The van der Waals surface area contributed by atoms with Crippen molar-refractivity contribution in [1.29, 1.82) is 0 Å². The molecule has 1 atom stereocenters. The maximum absolute atomic E-state index is 12.1. The van der Waals surface area contributed by atoms with Crippen molar-refractivity contribution in [1.82, 2.24) is 0 Å². The van der Waals surface area contributed by atoms with Crippen molar-refractivity contribution in [3.05, 3.63) is 28.7 Å². The zero-order valence-corrected chi connectivity index (χ0v) is 10.9. The molecule has 1 rings (SSSR count). The van der Waals surface area contributed by atoms with Crippen molar-refractivity contribution in [2.45, 2.75) is 23.5 Å². The summed E-state index contributed by atoms with van der Waals surface area (Å²) < 4.78 is 24.8. The molecule has 0 bridgehead atoms. The first-order chi connectivity index (χ1) is 7.04. The van der Waals surface area contributed by atoms with Crippen LogP contribution in [0.25, 0.3) is 0 Å². The van der Waals surface area contributed by atoms with Gasteiger partial charge in [-0.15, -0.1) is 0 Å². The van der Waals surface area contributed by atoms with Crippen LogP contribution < -0.4 is 5.73 Å². The van der Waals surface area contributed by atoms with Crippen LogP contribution in [0, 0.1) is 0 Å². The Morgan fingerprint density at radius 1 is 1.40 bits per heavy atom. The lowest BCUT2D eigenvalue weighted by Gasteiger charge is -2.14. The molecular formula is C10H14BrNO2S. The van der Waals surface area contributed by atoms with Crippen LogP contribution in [-0.2, 0) is 9.84 Å². The van der Waals surface area contributed by atoms with Crippen molar-refractivity contribution < 1.29 is 8.42 Å². The highest BCUT2D eigenvalue weighted by Crippen LogP contribution is 2.25. The zero-order valence-electron chi connectivity index (χ0n) is 8.48. The molecule has 2 N–H and O–H groups in total. The van der Waals surface area contributed by atoms with Crippen LogP contribution in [0.3, 0.4) is 0 Å². The minimum absolute atomic E-state index is 0.153. The molecule has 1 aromatic carbocycles. The summed E-state index contributed by atoms with van der Waals surface area (Å²) >= 11 is 3.24. The van der Waals surface area contributed by atoms with E-state index in [1.807, 2.05) is 6.92 Å². The topological polar surface area (TPSA) is 60.2 Å². The number of halogens is 1. The van der Waals surface area contributed by atoms with E-state index in [9.17, 15) is 8.42 Å². The number of nitrogens with two attached hydrogens (primary N) is 1. The monoisotopic (exact) mass is 291 g/mol. The Balaban J connectivity index is 3.23. The molecule has 15 heavy (non-hydrogen) atoms. The molecule has 1 aromatic rings. The van der Waals surface area contributed by atoms with E-state index in [4.69, 9.17) is 5.73 Å². The van der Waals surface area contributed by atoms with Gasteiger partial charge in [0.15, 0.2) is 9.84 Å². The zero-order chi connectivity index (χ0) is 11.5. The third-order valence-electron chi connectivity index (χ3n) is 2.30. The first kappa shape index (κ1) is 12.7. The number of rotatable bonds is 4. The molecule has 0 aliphatic carbocycles. The molecule has 0 saturated carbocycles. The summed E-state index contributed by atoms with van der Waals surface area (Å²) in [6.45, 7) is 1.98. The molecular weight excluding hydrogens is 278 g/mol. The van der Waals surface area contributed by atoms with Crippen molar-refractivity contribution in [2.75, 3.05) is 6.54 Å². The van der Waals surface area contributed by atoms with Gasteiger partial charge in [0.2, 0.25) is 0 Å². The van der Waals surface area contributed by atoms with Gasteiger partial charge in [0, 0.05) is 11.0 Å². The molecule has 5 heteroatoms. The molecule has 0 aromatic heterocycles. The average molecular weight is 292 g/mol. The normalized spacial score (nSPS) is 13.8. The van der Waals surface area contributed by atoms with Gasteiger partial charge in [0.25, 0.3) is 0 Å². The van der Waals surface area contributed by atoms with E-state index in [1.54, 1.807) is 24.3 Å². The quantitative estimate of drug-likeness (QED) is 0.923. The predicted octanol–water partition coefficient (Wildman–Crippen LogP) is 1.96. The minimum atomic E-state index is -3.30. The molecule has 0 saturated heterocycles. The Labute approximate surface area is 98.7 Å². The van der Waals surface area contributed by atoms with Gasteiger partial charge in [-0.1, -0.05) is 19.1 Å².